The molecule has 0 N–H and O–H groups in total. The van der Waals surface area contributed by atoms with E-state index in [4.69, 9.17) is 20.8 Å². The van der Waals surface area contributed by atoms with E-state index in [1.54, 1.807) is 6.07 Å². The highest BCUT2D eigenvalue weighted by atomic mass is 35.5. The highest BCUT2D eigenvalue weighted by Crippen LogP contribution is 2.21. The largest absolute Gasteiger partial charge is 0.455 e. The third-order valence-electron chi connectivity index (χ3n) is 2.35. The van der Waals surface area contributed by atoms with Crippen molar-refractivity contribution in [1.82, 2.24) is 0 Å². The first kappa shape index (κ1) is 12.8. The van der Waals surface area contributed by atoms with Crippen LogP contribution in [-0.2, 0) is 11.3 Å². The molecule has 2 aromatic rings. The molecule has 0 bridgehead atoms. The Balaban J connectivity index is 2.29. The van der Waals surface area contributed by atoms with E-state index in [9.17, 15) is 9.18 Å². The van der Waals surface area contributed by atoms with Crippen LogP contribution in [0, 0.1) is 5.82 Å². The first-order chi connectivity index (χ1) is 8.61. The number of halogens is 2. The Morgan fingerprint density at radius 3 is 2.83 bits per heavy atom. The Bertz CT molecular complexity index is 577. The minimum absolute atomic E-state index is 0.0599. The van der Waals surface area contributed by atoms with Crippen LogP contribution in [0.3, 0.4) is 0 Å². The van der Waals surface area contributed by atoms with Gasteiger partial charge >= 0.3 is 0 Å². The molecule has 0 atom stereocenters. The van der Waals surface area contributed by atoms with E-state index in [-0.39, 0.29) is 28.7 Å². The van der Waals surface area contributed by atoms with Crippen molar-refractivity contribution >= 4 is 17.4 Å². The molecule has 0 amide bonds. The zero-order chi connectivity index (χ0) is 13.1. The summed E-state index contributed by atoms with van der Waals surface area (Å²) in [5.41, 5.74) is 0.205. The van der Waals surface area contributed by atoms with Gasteiger partial charge in [-0.1, -0.05) is 11.6 Å². The van der Waals surface area contributed by atoms with Crippen LogP contribution in [0.2, 0.25) is 5.02 Å². The Kier molecular flexibility index (Phi) is 3.79. The lowest BCUT2D eigenvalue weighted by Crippen LogP contribution is -2.01. The zero-order valence-corrected chi connectivity index (χ0v) is 10.3. The molecule has 0 fully saturated rings. The highest BCUT2D eigenvalue weighted by Gasteiger charge is 2.17. The first-order valence-electron chi connectivity index (χ1n) is 5.19. The Hall–Kier alpha value is -1.65. The Labute approximate surface area is 108 Å². The van der Waals surface area contributed by atoms with Gasteiger partial charge in [-0.15, -0.1) is 0 Å². The number of furan rings is 1. The van der Waals surface area contributed by atoms with Crippen LogP contribution in [0.4, 0.5) is 4.39 Å². The molecule has 0 unspecified atom stereocenters. The van der Waals surface area contributed by atoms with Crippen LogP contribution in [0.5, 0.6) is 0 Å². The predicted molar refractivity (Wildman–Crippen MR) is 64.3 cm³/mol. The van der Waals surface area contributed by atoms with Gasteiger partial charge in [0.05, 0.1) is 5.02 Å². The summed E-state index contributed by atoms with van der Waals surface area (Å²) in [6.07, 6.45) is 0. The van der Waals surface area contributed by atoms with Gasteiger partial charge in [0.25, 0.3) is 0 Å². The Morgan fingerprint density at radius 1 is 1.39 bits per heavy atom. The van der Waals surface area contributed by atoms with Gasteiger partial charge in [-0.2, -0.15) is 0 Å². The number of benzene rings is 1. The fourth-order valence-electron chi connectivity index (χ4n) is 1.53. The Morgan fingerprint density at radius 2 is 2.17 bits per heavy atom. The lowest BCUT2D eigenvalue weighted by atomic mass is 10.1. The molecule has 0 aliphatic rings. The summed E-state index contributed by atoms with van der Waals surface area (Å²) >= 11 is 5.82. The molecule has 0 aliphatic heterocycles. The van der Waals surface area contributed by atoms with E-state index in [1.165, 1.54) is 25.3 Å². The average molecular weight is 269 g/mol. The van der Waals surface area contributed by atoms with Crippen LogP contribution >= 0.6 is 11.6 Å². The van der Waals surface area contributed by atoms with Gasteiger partial charge in [0.15, 0.2) is 5.76 Å². The number of methoxy groups -OCH3 is 1. The van der Waals surface area contributed by atoms with Crippen molar-refractivity contribution in [3.8, 4) is 0 Å². The van der Waals surface area contributed by atoms with Gasteiger partial charge in [0, 0.05) is 12.7 Å². The number of hydrogen-bond donors (Lipinski definition) is 0. The van der Waals surface area contributed by atoms with E-state index < -0.39 is 5.82 Å². The van der Waals surface area contributed by atoms with Crippen molar-refractivity contribution in [2.24, 2.45) is 0 Å². The van der Waals surface area contributed by atoms with Crippen molar-refractivity contribution in [3.63, 3.8) is 0 Å². The van der Waals surface area contributed by atoms with Crippen molar-refractivity contribution in [3.05, 3.63) is 58.3 Å². The molecule has 0 aliphatic carbocycles. The molecule has 1 heterocycles. The maximum Gasteiger partial charge on any atom is 0.229 e. The normalized spacial score (nSPS) is 10.6. The number of ether oxygens (including phenoxy) is 1. The minimum atomic E-state index is -0.490. The van der Waals surface area contributed by atoms with E-state index in [1.807, 2.05) is 0 Å². The van der Waals surface area contributed by atoms with Crippen molar-refractivity contribution in [2.45, 2.75) is 6.61 Å². The van der Waals surface area contributed by atoms with Crippen LogP contribution < -0.4 is 0 Å². The smallest absolute Gasteiger partial charge is 0.229 e. The molecule has 0 radical (unpaired) electrons. The molecule has 0 saturated heterocycles. The fraction of sp³-hybridized carbons (Fsp3) is 0.154. The summed E-state index contributed by atoms with van der Waals surface area (Å²) in [6, 6.07) is 6.79. The molecule has 0 saturated carbocycles. The molecular weight excluding hydrogens is 259 g/mol. The summed E-state index contributed by atoms with van der Waals surface area (Å²) in [7, 11) is 1.53. The molecule has 5 heteroatoms. The lowest BCUT2D eigenvalue weighted by molar-refractivity contribution is 0.1000. The van der Waals surface area contributed by atoms with Gasteiger partial charge in [0.2, 0.25) is 5.78 Å². The standard InChI is InChI=1S/C13H10ClFO3/c1-17-7-9-3-5-12(18-9)13(16)10-4-2-8(15)6-11(10)14/h2-6H,7H2,1H3. The maximum atomic E-state index is 12.9. The molecule has 0 spiro atoms. The van der Waals surface area contributed by atoms with Gasteiger partial charge in [-0.3, -0.25) is 4.79 Å². The van der Waals surface area contributed by atoms with Crippen molar-refractivity contribution in [1.29, 1.82) is 0 Å². The van der Waals surface area contributed by atoms with Gasteiger partial charge in [-0.25, -0.2) is 4.39 Å². The SMILES string of the molecule is COCc1ccc(C(=O)c2ccc(F)cc2Cl)o1. The summed E-state index contributed by atoms with van der Waals surface area (Å²) in [5.74, 6) is -0.187. The van der Waals surface area contributed by atoms with Crippen LogP contribution in [0.15, 0.2) is 34.7 Å². The van der Waals surface area contributed by atoms with Crippen LogP contribution in [-0.4, -0.2) is 12.9 Å². The van der Waals surface area contributed by atoms with Gasteiger partial charge in [0.1, 0.15) is 18.2 Å². The quantitative estimate of drug-likeness (QED) is 0.797. The second kappa shape index (κ2) is 5.33. The number of carbonyl (C=O) groups is 1. The van der Waals surface area contributed by atoms with E-state index in [2.05, 4.69) is 0 Å². The topological polar surface area (TPSA) is 39.4 Å². The third kappa shape index (κ3) is 2.60. The average Bonchev–Trinajstić information content (AvgIpc) is 2.77. The monoisotopic (exact) mass is 268 g/mol. The van der Waals surface area contributed by atoms with E-state index in [0.29, 0.717) is 5.76 Å². The highest BCUT2D eigenvalue weighted by molar-refractivity contribution is 6.34. The molecule has 3 nitrogen and oxygen atoms in total. The van der Waals surface area contributed by atoms with Gasteiger partial charge < -0.3 is 9.15 Å². The zero-order valence-electron chi connectivity index (χ0n) is 9.57. The van der Waals surface area contributed by atoms with E-state index in [0.717, 1.165) is 6.07 Å². The lowest BCUT2D eigenvalue weighted by Gasteiger charge is -2.01. The molecule has 1 aromatic carbocycles. The molecule has 94 valence electrons. The van der Waals surface area contributed by atoms with Gasteiger partial charge in [-0.05, 0) is 30.3 Å². The fourth-order valence-corrected chi connectivity index (χ4v) is 1.78. The number of rotatable bonds is 4. The summed E-state index contributed by atoms with van der Waals surface area (Å²) in [6.45, 7) is 0.282. The second-order valence-corrected chi connectivity index (χ2v) is 4.06. The summed E-state index contributed by atoms with van der Waals surface area (Å²) < 4.78 is 23.1. The number of hydrogen-bond acceptors (Lipinski definition) is 3. The molecule has 18 heavy (non-hydrogen) atoms. The minimum Gasteiger partial charge on any atom is -0.455 e. The number of ketones is 1. The van der Waals surface area contributed by atoms with Crippen LogP contribution in [0.1, 0.15) is 21.9 Å². The first-order valence-corrected chi connectivity index (χ1v) is 5.57. The summed E-state index contributed by atoms with van der Waals surface area (Å²) in [5, 5.41) is 0.0599. The van der Waals surface area contributed by atoms with Crippen molar-refractivity contribution in [2.75, 3.05) is 7.11 Å². The maximum absolute atomic E-state index is 12.9. The second-order valence-electron chi connectivity index (χ2n) is 3.65. The molecule has 2 rings (SSSR count). The molecule has 1 aromatic heterocycles. The number of carbonyl (C=O) groups excluding carboxylic acids is 1. The van der Waals surface area contributed by atoms with E-state index >= 15 is 0 Å². The predicted octanol–water partition coefficient (Wildman–Crippen LogP) is 3.45. The molecular formula is C13H10ClFO3. The van der Waals surface area contributed by atoms with Crippen molar-refractivity contribution < 1.29 is 18.3 Å². The van der Waals surface area contributed by atoms with Crippen LogP contribution in [0.25, 0.3) is 0 Å². The third-order valence-corrected chi connectivity index (χ3v) is 2.66. The summed E-state index contributed by atoms with van der Waals surface area (Å²) in [4.78, 5) is 12.1.